The number of carbonyl (C=O) groups is 1. The fourth-order valence-corrected chi connectivity index (χ4v) is 5.75. The zero-order chi connectivity index (χ0) is 20.5. The zero-order valence-corrected chi connectivity index (χ0v) is 18.2. The first-order valence-electron chi connectivity index (χ1n) is 10.9. The number of piperidine rings is 3. The Morgan fingerprint density at radius 3 is 2.53 bits per heavy atom. The molecule has 0 spiro atoms. The molecule has 4 aliphatic rings. The third kappa shape index (κ3) is 3.94. The van der Waals surface area contributed by atoms with Crippen LogP contribution in [-0.2, 0) is 4.74 Å². The summed E-state index contributed by atoms with van der Waals surface area (Å²) in [5.74, 6) is 1.37. The number of morpholine rings is 1. The molecular formula is C23H29N3O3S. The number of rotatable bonds is 5. The van der Waals surface area contributed by atoms with Crippen LogP contribution >= 0.6 is 11.3 Å². The summed E-state index contributed by atoms with van der Waals surface area (Å²) < 4.78 is 11.6. The summed E-state index contributed by atoms with van der Waals surface area (Å²) >= 11 is 1.59. The van der Waals surface area contributed by atoms with Crippen molar-refractivity contribution < 1.29 is 14.3 Å². The topological polar surface area (TPSA) is 54.0 Å². The fraction of sp³-hybridized carbons (Fsp3) is 0.522. The van der Waals surface area contributed by atoms with Gasteiger partial charge in [0.25, 0.3) is 5.91 Å². The van der Waals surface area contributed by atoms with Gasteiger partial charge in [0.05, 0.1) is 18.9 Å². The number of carbonyl (C=O) groups excluding carboxylic acids is 1. The molecule has 30 heavy (non-hydrogen) atoms. The van der Waals surface area contributed by atoms with E-state index in [2.05, 4.69) is 33.5 Å². The van der Waals surface area contributed by atoms with E-state index in [0.717, 1.165) is 42.8 Å². The largest absolute Gasteiger partial charge is 0.444 e. The highest BCUT2D eigenvalue weighted by atomic mass is 32.1. The summed E-state index contributed by atoms with van der Waals surface area (Å²) in [6.45, 7) is 7.82. The highest BCUT2D eigenvalue weighted by Gasteiger charge is 2.40. The van der Waals surface area contributed by atoms with Crippen LogP contribution in [0.2, 0.25) is 0 Å². The Morgan fingerprint density at radius 2 is 1.83 bits per heavy atom. The molecule has 2 aromatic rings. The second-order valence-corrected chi connectivity index (χ2v) is 9.31. The molecule has 1 aromatic heterocycles. The predicted octanol–water partition coefficient (Wildman–Crippen LogP) is 3.59. The average Bonchev–Trinajstić information content (AvgIpc) is 3.25. The third-order valence-corrected chi connectivity index (χ3v) is 7.54. The maximum atomic E-state index is 12.8. The Hall–Kier alpha value is -2.09. The summed E-state index contributed by atoms with van der Waals surface area (Å²) in [6.07, 6.45) is 2.38. The van der Waals surface area contributed by atoms with E-state index in [4.69, 9.17) is 9.47 Å². The predicted molar refractivity (Wildman–Crippen MR) is 119 cm³/mol. The third-order valence-electron chi connectivity index (χ3n) is 6.76. The van der Waals surface area contributed by atoms with Crippen molar-refractivity contribution in [2.24, 2.45) is 5.92 Å². The van der Waals surface area contributed by atoms with Crippen LogP contribution < -0.4 is 15.0 Å². The van der Waals surface area contributed by atoms with Gasteiger partial charge in [0, 0.05) is 30.7 Å². The van der Waals surface area contributed by atoms with E-state index in [9.17, 15) is 4.79 Å². The minimum absolute atomic E-state index is 0.0114. The molecule has 1 aromatic carbocycles. The molecule has 5 heterocycles. The lowest BCUT2D eigenvalue weighted by Gasteiger charge is -2.49. The molecule has 2 atom stereocenters. The lowest BCUT2D eigenvalue weighted by Crippen LogP contribution is -2.62. The minimum Gasteiger partial charge on any atom is -0.444 e. The van der Waals surface area contributed by atoms with Gasteiger partial charge in [-0.25, -0.2) is 0 Å². The van der Waals surface area contributed by atoms with Crippen LogP contribution in [-0.4, -0.2) is 62.3 Å². The standard InChI is InChI=1S/C23H29N3O3S/c1-16-21(17-6-9-25(16)10-7-17)24-22(27)18-2-4-19(5-3-18)29-23-20(8-15-30-23)26-11-13-28-14-12-26/h2-5,8,15-17,21H,6-7,9-14H2,1H3,(H,24,27)/t16-,21-/m0/s1. The van der Waals surface area contributed by atoms with Crippen LogP contribution in [0.3, 0.4) is 0 Å². The maximum absolute atomic E-state index is 12.8. The van der Waals surface area contributed by atoms with Crippen LogP contribution in [0.1, 0.15) is 30.1 Å². The Morgan fingerprint density at radius 1 is 1.10 bits per heavy atom. The van der Waals surface area contributed by atoms with Gasteiger partial charge in [-0.15, -0.1) is 11.3 Å². The lowest BCUT2D eigenvalue weighted by atomic mass is 9.79. The first-order valence-corrected chi connectivity index (χ1v) is 11.8. The molecule has 1 N–H and O–H groups in total. The van der Waals surface area contributed by atoms with E-state index in [0.29, 0.717) is 17.5 Å². The van der Waals surface area contributed by atoms with E-state index in [1.165, 1.54) is 25.9 Å². The molecule has 4 saturated heterocycles. The Kier molecular flexibility index (Phi) is 5.67. The molecule has 4 fully saturated rings. The second kappa shape index (κ2) is 8.57. The van der Waals surface area contributed by atoms with Crippen molar-refractivity contribution in [3.63, 3.8) is 0 Å². The SMILES string of the molecule is C[C@H]1[C@H](NC(=O)c2ccc(Oc3sccc3N3CCOCC3)cc2)C2CCN1CC2. The smallest absolute Gasteiger partial charge is 0.251 e. The van der Waals surface area contributed by atoms with Crippen molar-refractivity contribution in [3.05, 3.63) is 41.3 Å². The fourth-order valence-electron chi connectivity index (χ4n) is 4.97. The minimum atomic E-state index is 0.0114. The molecule has 0 radical (unpaired) electrons. The van der Waals surface area contributed by atoms with Gasteiger partial charge in [-0.05, 0) is 74.5 Å². The highest BCUT2D eigenvalue weighted by molar-refractivity contribution is 7.12. The second-order valence-electron chi connectivity index (χ2n) is 8.43. The Balaban J connectivity index is 1.23. The summed E-state index contributed by atoms with van der Waals surface area (Å²) in [5.41, 5.74) is 1.80. The molecule has 0 unspecified atom stereocenters. The number of benzene rings is 1. The van der Waals surface area contributed by atoms with Crippen LogP contribution in [0.5, 0.6) is 10.8 Å². The number of anilines is 1. The van der Waals surface area contributed by atoms with Gasteiger partial charge in [-0.3, -0.25) is 9.69 Å². The first kappa shape index (κ1) is 19.8. The number of ether oxygens (including phenoxy) is 2. The maximum Gasteiger partial charge on any atom is 0.251 e. The van der Waals surface area contributed by atoms with E-state index >= 15 is 0 Å². The van der Waals surface area contributed by atoms with Gasteiger partial charge in [-0.1, -0.05) is 0 Å². The van der Waals surface area contributed by atoms with Crippen molar-refractivity contribution in [2.45, 2.75) is 31.8 Å². The van der Waals surface area contributed by atoms with Crippen molar-refractivity contribution in [1.29, 1.82) is 0 Å². The molecule has 6 nitrogen and oxygen atoms in total. The normalized spacial score (nSPS) is 28.4. The number of fused-ring (bicyclic) bond motifs is 3. The average molecular weight is 428 g/mol. The number of thiophene rings is 1. The van der Waals surface area contributed by atoms with Gasteiger partial charge in [-0.2, -0.15) is 0 Å². The zero-order valence-electron chi connectivity index (χ0n) is 17.4. The highest BCUT2D eigenvalue weighted by Crippen LogP contribution is 2.38. The number of nitrogens with zero attached hydrogens (tertiary/aromatic N) is 2. The number of nitrogens with one attached hydrogen (secondary N) is 1. The molecular weight excluding hydrogens is 398 g/mol. The lowest BCUT2D eigenvalue weighted by molar-refractivity contribution is 0.0217. The molecule has 0 saturated carbocycles. The van der Waals surface area contributed by atoms with Crippen molar-refractivity contribution in [1.82, 2.24) is 10.2 Å². The summed E-state index contributed by atoms with van der Waals surface area (Å²) in [5, 5.41) is 6.23. The Labute approximate surface area is 181 Å². The molecule has 7 heteroatoms. The summed E-state index contributed by atoms with van der Waals surface area (Å²) in [6, 6.07) is 10.3. The van der Waals surface area contributed by atoms with Crippen molar-refractivity contribution in [3.8, 4) is 10.8 Å². The van der Waals surface area contributed by atoms with Gasteiger partial charge in [0.15, 0.2) is 0 Å². The molecule has 6 rings (SSSR count). The van der Waals surface area contributed by atoms with E-state index in [-0.39, 0.29) is 11.9 Å². The van der Waals surface area contributed by atoms with Crippen molar-refractivity contribution >= 4 is 22.9 Å². The number of hydrogen-bond donors (Lipinski definition) is 1. The van der Waals surface area contributed by atoms with Crippen LogP contribution in [0.4, 0.5) is 5.69 Å². The van der Waals surface area contributed by atoms with E-state index in [1.54, 1.807) is 11.3 Å². The van der Waals surface area contributed by atoms with E-state index in [1.807, 2.05) is 24.3 Å². The molecule has 160 valence electrons. The van der Waals surface area contributed by atoms with E-state index < -0.39 is 0 Å². The molecule has 1 amide bonds. The number of hydrogen-bond acceptors (Lipinski definition) is 6. The summed E-state index contributed by atoms with van der Waals surface area (Å²) in [7, 11) is 0. The quantitative estimate of drug-likeness (QED) is 0.790. The van der Waals surface area contributed by atoms with Crippen LogP contribution in [0.15, 0.2) is 35.7 Å². The van der Waals surface area contributed by atoms with Gasteiger partial charge in [0.2, 0.25) is 5.06 Å². The molecule has 0 aliphatic carbocycles. The Bertz CT molecular complexity index is 868. The van der Waals surface area contributed by atoms with Crippen LogP contribution in [0, 0.1) is 5.92 Å². The monoisotopic (exact) mass is 427 g/mol. The first-order chi connectivity index (χ1) is 14.7. The number of amides is 1. The molecule has 4 aliphatic heterocycles. The van der Waals surface area contributed by atoms with Gasteiger partial charge < -0.3 is 19.7 Å². The van der Waals surface area contributed by atoms with Gasteiger partial charge in [0.1, 0.15) is 5.75 Å². The van der Waals surface area contributed by atoms with Gasteiger partial charge >= 0.3 is 0 Å². The van der Waals surface area contributed by atoms with Crippen LogP contribution in [0.25, 0.3) is 0 Å². The summed E-state index contributed by atoms with van der Waals surface area (Å²) in [4.78, 5) is 17.6. The molecule has 2 bridgehead atoms. The van der Waals surface area contributed by atoms with Crippen molar-refractivity contribution in [2.75, 3.05) is 44.3 Å².